The molecule has 2 N–H and O–H groups in total. The molecule has 0 atom stereocenters. The lowest BCUT2D eigenvalue weighted by atomic mass is 10.2. The number of aliphatic hydroxyl groups is 1. The van der Waals surface area contributed by atoms with Gasteiger partial charge in [0.15, 0.2) is 0 Å². The second kappa shape index (κ2) is 7.04. The van der Waals surface area contributed by atoms with Crippen LogP contribution in [-0.4, -0.2) is 42.2 Å². The Morgan fingerprint density at radius 3 is 2.83 bits per heavy atom. The highest BCUT2D eigenvalue weighted by molar-refractivity contribution is 5.94. The zero-order valence-electron chi connectivity index (χ0n) is 9.77. The van der Waals surface area contributed by atoms with E-state index in [1.807, 2.05) is 0 Å². The number of ether oxygens (including phenoxy) is 1. The fourth-order valence-electron chi connectivity index (χ4n) is 1.06. The summed E-state index contributed by atoms with van der Waals surface area (Å²) in [6.07, 6.45) is 1.41. The zero-order valence-corrected chi connectivity index (χ0v) is 9.77. The Balaban J connectivity index is 2.62. The fourth-order valence-corrected chi connectivity index (χ4v) is 1.06. The van der Waals surface area contributed by atoms with Crippen molar-refractivity contribution in [2.24, 2.45) is 0 Å². The predicted octanol–water partition coefficient (Wildman–Crippen LogP) is -0.672. The van der Waals surface area contributed by atoms with Crippen LogP contribution in [0.3, 0.4) is 0 Å². The number of hydrogen-bond donors (Lipinski definition) is 2. The highest BCUT2D eigenvalue weighted by Gasteiger charge is 2.08. The van der Waals surface area contributed by atoms with Crippen LogP contribution in [-0.2, 0) is 9.53 Å². The average Bonchev–Trinajstić information content (AvgIpc) is 2.42. The van der Waals surface area contributed by atoms with Gasteiger partial charge in [-0.25, -0.2) is 4.98 Å². The van der Waals surface area contributed by atoms with E-state index in [1.165, 1.54) is 19.4 Å². The monoisotopic (exact) mass is 248 g/mol. The summed E-state index contributed by atoms with van der Waals surface area (Å²) in [5.74, 6) is 4.11. The molecule has 0 bridgehead atoms. The van der Waals surface area contributed by atoms with Crippen molar-refractivity contribution in [2.75, 3.05) is 20.3 Å². The van der Waals surface area contributed by atoms with Crippen molar-refractivity contribution in [3.63, 3.8) is 0 Å². The molecule has 0 aliphatic rings. The minimum Gasteiger partial charge on any atom is -0.468 e. The van der Waals surface area contributed by atoms with Crippen LogP contribution >= 0.6 is 0 Å². The molecule has 0 aliphatic carbocycles. The summed E-state index contributed by atoms with van der Waals surface area (Å²) in [5.41, 5.74) is 0.766. The van der Waals surface area contributed by atoms with E-state index in [9.17, 15) is 9.59 Å². The van der Waals surface area contributed by atoms with E-state index >= 15 is 0 Å². The molecule has 1 rings (SSSR count). The molecule has 0 saturated carbocycles. The number of rotatable bonds is 3. The molecule has 0 unspecified atom stereocenters. The number of carbonyl (C=O) groups is 2. The van der Waals surface area contributed by atoms with Gasteiger partial charge in [-0.05, 0) is 12.1 Å². The first-order valence-corrected chi connectivity index (χ1v) is 5.08. The van der Waals surface area contributed by atoms with Crippen molar-refractivity contribution in [3.05, 3.63) is 29.6 Å². The largest absolute Gasteiger partial charge is 0.468 e. The van der Waals surface area contributed by atoms with E-state index in [2.05, 4.69) is 26.9 Å². The number of aliphatic hydroxyl groups excluding tert-OH is 1. The molecule has 6 nitrogen and oxygen atoms in total. The van der Waals surface area contributed by atoms with Gasteiger partial charge >= 0.3 is 5.97 Å². The van der Waals surface area contributed by atoms with E-state index in [-0.39, 0.29) is 18.8 Å². The normalized spacial score (nSPS) is 9.00. The second-order valence-electron chi connectivity index (χ2n) is 3.15. The summed E-state index contributed by atoms with van der Waals surface area (Å²) in [4.78, 5) is 26.2. The van der Waals surface area contributed by atoms with Crippen molar-refractivity contribution >= 4 is 11.9 Å². The molecule has 0 radical (unpaired) electrons. The number of amides is 1. The smallest absolute Gasteiger partial charge is 0.325 e. The summed E-state index contributed by atoms with van der Waals surface area (Å²) in [5, 5.41) is 10.9. The minimum atomic E-state index is -0.534. The van der Waals surface area contributed by atoms with Gasteiger partial charge in [-0.2, -0.15) is 0 Å². The van der Waals surface area contributed by atoms with Gasteiger partial charge in [0.25, 0.3) is 5.91 Å². The predicted molar refractivity (Wildman–Crippen MR) is 62.6 cm³/mol. The van der Waals surface area contributed by atoms with Crippen LogP contribution in [0.5, 0.6) is 0 Å². The number of esters is 1. The lowest BCUT2D eigenvalue weighted by Crippen LogP contribution is -2.30. The molecule has 1 aromatic heterocycles. The van der Waals surface area contributed by atoms with Gasteiger partial charge < -0.3 is 15.2 Å². The minimum absolute atomic E-state index is 0.174. The number of nitrogens with one attached hydrogen (secondary N) is 1. The Kier molecular flexibility index (Phi) is 5.35. The Labute approximate surface area is 104 Å². The Morgan fingerprint density at radius 2 is 2.28 bits per heavy atom. The standard InChI is InChI=1S/C12H12N2O4/c1-18-11(16)8-14-12(17)10-5-4-9(7-13-10)3-2-6-15/h4-5,7,15H,6,8H2,1H3,(H,14,17). The average molecular weight is 248 g/mol. The Bertz CT molecular complexity index is 485. The van der Waals surface area contributed by atoms with Gasteiger partial charge in [0, 0.05) is 11.8 Å². The molecule has 0 aliphatic heterocycles. The van der Waals surface area contributed by atoms with Crippen LogP contribution < -0.4 is 5.32 Å². The fraction of sp³-hybridized carbons (Fsp3) is 0.250. The number of nitrogens with zero attached hydrogens (tertiary/aromatic N) is 1. The third-order valence-electron chi connectivity index (χ3n) is 1.93. The van der Waals surface area contributed by atoms with Crippen molar-refractivity contribution in [3.8, 4) is 11.8 Å². The molecule has 18 heavy (non-hydrogen) atoms. The van der Waals surface area contributed by atoms with E-state index < -0.39 is 11.9 Å². The van der Waals surface area contributed by atoms with E-state index in [0.29, 0.717) is 5.56 Å². The number of carbonyl (C=O) groups excluding carboxylic acids is 2. The molecular weight excluding hydrogens is 236 g/mol. The van der Waals surface area contributed by atoms with Crippen molar-refractivity contribution in [1.29, 1.82) is 0 Å². The first-order chi connectivity index (χ1) is 8.67. The van der Waals surface area contributed by atoms with Gasteiger partial charge in [0.05, 0.1) is 7.11 Å². The van der Waals surface area contributed by atoms with Crippen LogP contribution in [0, 0.1) is 11.8 Å². The summed E-state index contributed by atoms with van der Waals surface area (Å²) in [6.45, 7) is -0.440. The van der Waals surface area contributed by atoms with E-state index in [1.54, 1.807) is 6.07 Å². The third-order valence-corrected chi connectivity index (χ3v) is 1.93. The van der Waals surface area contributed by atoms with Gasteiger partial charge in [-0.1, -0.05) is 11.8 Å². The molecule has 0 fully saturated rings. The van der Waals surface area contributed by atoms with Gasteiger partial charge in [-0.3, -0.25) is 9.59 Å². The molecular formula is C12H12N2O4. The molecule has 0 aromatic carbocycles. The van der Waals surface area contributed by atoms with Crippen LogP contribution in [0.25, 0.3) is 0 Å². The summed E-state index contributed by atoms with van der Waals surface area (Å²) in [7, 11) is 1.24. The van der Waals surface area contributed by atoms with Gasteiger partial charge in [-0.15, -0.1) is 0 Å². The molecule has 6 heteroatoms. The molecule has 0 saturated heterocycles. The van der Waals surface area contributed by atoms with E-state index in [4.69, 9.17) is 5.11 Å². The summed E-state index contributed by atoms with van der Waals surface area (Å²) in [6, 6.07) is 3.08. The first-order valence-electron chi connectivity index (χ1n) is 5.08. The first kappa shape index (κ1) is 13.7. The number of pyridine rings is 1. The lowest BCUT2D eigenvalue weighted by molar-refractivity contribution is -0.139. The molecule has 1 heterocycles. The maximum Gasteiger partial charge on any atom is 0.325 e. The number of aromatic nitrogens is 1. The number of hydrogen-bond acceptors (Lipinski definition) is 5. The van der Waals surface area contributed by atoms with Gasteiger partial charge in [0.2, 0.25) is 0 Å². The van der Waals surface area contributed by atoms with Gasteiger partial charge in [0.1, 0.15) is 18.8 Å². The van der Waals surface area contributed by atoms with E-state index in [0.717, 1.165) is 0 Å². The van der Waals surface area contributed by atoms with Crippen LogP contribution in [0.15, 0.2) is 18.3 Å². The topological polar surface area (TPSA) is 88.5 Å². The quantitative estimate of drug-likeness (QED) is 0.547. The summed E-state index contributed by atoms with van der Waals surface area (Å²) >= 11 is 0. The zero-order chi connectivity index (χ0) is 13.4. The van der Waals surface area contributed by atoms with Crippen LogP contribution in [0.4, 0.5) is 0 Å². The van der Waals surface area contributed by atoms with Crippen molar-refractivity contribution in [2.45, 2.75) is 0 Å². The molecule has 1 amide bonds. The molecule has 1 aromatic rings. The third kappa shape index (κ3) is 4.23. The Morgan fingerprint density at radius 1 is 1.50 bits per heavy atom. The maximum absolute atomic E-state index is 11.5. The Hall–Kier alpha value is -2.39. The second-order valence-corrected chi connectivity index (χ2v) is 3.15. The molecule has 0 spiro atoms. The summed E-state index contributed by atoms with van der Waals surface area (Å²) < 4.78 is 4.38. The van der Waals surface area contributed by atoms with Crippen molar-refractivity contribution in [1.82, 2.24) is 10.3 Å². The van der Waals surface area contributed by atoms with Crippen LogP contribution in [0.1, 0.15) is 16.1 Å². The van der Waals surface area contributed by atoms with Crippen LogP contribution in [0.2, 0.25) is 0 Å². The highest BCUT2D eigenvalue weighted by Crippen LogP contribution is 1.98. The van der Waals surface area contributed by atoms with Crippen molar-refractivity contribution < 1.29 is 19.4 Å². The SMILES string of the molecule is COC(=O)CNC(=O)c1ccc(C#CCO)cn1. The maximum atomic E-state index is 11.5. The molecule has 94 valence electrons. The highest BCUT2D eigenvalue weighted by atomic mass is 16.5. The number of methoxy groups -OCH3 is 1. The lowest BCUT2D eigenvalue weighted by Gasteiger charge is -2.02.